The van der Waals surface area contributed by atoms with Crippen molar-refractivity contribution in [3.05, 3.63) is 88.1 Å². The van der Waals surface area contributed by atoms with Gasteiger partial charge < -0.3 is 5.32 Å². The maximum absolute atomic E-state index is 12.7. The Kier molecular flexibility index (Phi) is 4.63. The summed E-state index contributed by atoms with van der Waals surface area (Å²) >= 11 is 0. The summed E-state index contributed by atoms with van der Waals surface area (Å²) in [5.74, 6) is -0.299. The van der Waals surface area contributed by atoms with E-state index in [1.807, 2.05) is 6.07 Å². The summed E-state index contributed by atoms with van der Waals surface area (Å²) in [5, 5.41) is 17.9. The van der Waals surface area contributed by atoms with Crippen molar-refractivity contribution in [3.8, 4) is 5.69 Å². The smallest absolute Gasteiger partial charge is 0.269 e. The topological polar surface area (TPSA) is 110 Å². The first-order valence-corrected chi connectivity index (χ1v) is 9.06. The highest BCUT2D eigenvalue weighted by Gasteiger charge is 2.32. The molecule has 0 atom stereocenters. The van der Waals surface area contributed by atoms with Crippen LogP contribution in [0.5, 0.6) is 0 Å². The second-order valence-electron chi connectivity index (χ2n) is 6.79. The van der Waals surface area contributed by atoms with E-state index in [2.05, 4.69) is 17.0 Å². The highest BCUT2D eigenvalue weighted by Crippen LogP contribution is 2.31. The molecule has 0 unspecified atom stereocenters. The van der Waals surface area contributed by atoms with Crippen molar-refractivity contribution >= 4 is 29.0 Å². The minimum Gasteiger partial charge on any atom is -0.309 e. The number of rotatable bonds is 5. The average molecular weight is 403 g/mol. The van der Waals surface area contributed by atoms with Crippen molar-refractivity contribution in [1.29, 1.82) is 0 Å². The maximum Gasteiger partial charge on any atom is 0.269 e. The Morgan fingerprint density at radius 2 is 1.83 bits per heavy atom. The third-order valence-corrected chi connectivity index (χ3v) is 4.75. The number of fused-ring (bicyclic) bond motifs is 1. The summed E-state index contributed by atoms with van der Waals surface area (Å²) in [6.07, 6.45) is 0. The molecule has 2 heterocycles. The quantitative estimate of drug-likeness (QED) is 0.520. The van der Waals surface area contributed by atoms with Gasteiger partial charge in [0.2, 0.25) is 5.91 Å². The fourth-order valence-corrected chi connectivity index (χ4v) is 3.33. The van der Waals surface area contributed by atoms with E-state index in [4.69, 9.17) is 0 Å². The average Bonchev–Trinajstić information content (AvgIpc) is 3.21. The molecular weight excluding hydrogens is 386 g/mol. The third kappa shape index (κ3) is 3.32. The van der Waals surface area contributed by atoms with Gasteiger partial charge in [0.05, 0.1) is 16.3 Å². The van der Waals surface area contributed by atoms with E-state index in [-0.39, 0.29) is 18.1 Å². The van der Waals surface area contributed by atoms with Gasteiger partial charge in [0, 0.05) is 35.0 Å². The molecule has 9 heteroatoms. The van der Waals surface area contributed by atoms with Gasteiger partial charge >= 0.3 is 0 Å². The van der Waals surface area contributed by atoms with E-state index in [9.17, 15) is 19.7 Å². The monoisotopic (exact) mass is 403 g/mol. The number of nitrogens with zero attached hydrogens (tertiary/aromatic N) is 4. The Bertz CT molecular complexity index is 1160. The van der Waals surface area contributed by atoms with Gasteiger partial charge in [-0.05, 0) is 25.1 Å². The largest absolute Gasteiger partial charge is 0.309 e. The summed E-state index contributed by atoms with van der Waals surface area (Å²) in [4.78, 5) is 37.0. The van der Waals surface area contributed by atoms with E-state index in [0.717, 1.165) is 0 Å². The van der Waals surface area contributed by atoms with Crippen LogP contribution < -0.4 is 5.32 Å². The Morgan fingerprint density at radius 3 is 2.47 bits per heavy atom. The number of aryl methyl sites for hydroxylation is 1. The third-order valence-electron chi connectivity index (χ3n) is 4.75. The molecule has 1 aliphatic rings. The number of carbonyl (C=O) groups is 2. The number of aromatic nitrogens is 2. The summed E-state index contributed by atoms with van der Waals surface area (Å²) in [5.41, 5.74) is 2.87. The van der Waals surface area contributed by atoms with Crippen molar-refractivity contribution < 1.29 is 14.5 Å². The van der Waals surface area contributed by atoms with Crippen LogP contribution in [-0.2, 0) is 4.79 Å². The molecule has 1 aromatic heterocycles. The Morgan fingerprint density at radius 1 is 1.17 bits per heavy atom. The van der Waals surface area contributed by atoms with Crippen molar-refractivity contribution in [2.24, 2.45) is 0 Å². The number of carbonyl (C=O) groups excluding carboxylic acids is 2. The number of amides is 2. The first-order chi connectivity index (χ1) is 14.3. The van der Waals surface area contributed by atoms with Gasteiger partial charge in [0.15, 0.2) is 0 Å². The van der Waals surface area contributed by atoms with Crippen molar-refractivity contribution in [2.75, 3.05) is 11.9 Å². The highest BCUT2D eigenvalue weighted by molar-refractivity contribution is 6.11. The Balaban J connectivity index is 1.53. The van der Waals surface area contributed by atoms with Crippen molar-refractivity contribution in [3.63, 3.8) is 0 Å². The van der Waals surface area contributed by atoms with Crippen LogP contribution in [0, 0.1) is 17.0 Å². The zero-order valence-corrected chi connectivity index (χ0v) is 16.0. The van der Waals surface area contributed by atoms with Gasteiger partial charge in [-0.2, -0.15) is 5.10 Å². The van der Waals surface area contributed by atoms with E-state index in [1.165, 1.54) is 21.7 Å². The predicted molar refractivity (Wildman–Crippen MR) is 110 cm³/mol. The van der Waals surface area contributed by atoms with Crippen molar-refractivity contribution in [2.45, 2.75) is 6.92 Å². The number of nitro benzene ring substituents is 1. The van der Waals surface area contributed by atoms with Gasteiger partial charge in [0.1, 0.15) is 12.4 Å². The standard InChI is InChI=1S/C21H17N5O4/c1-13-11-19(25(23-13)15-7-9-16(10-8-15)26(29)30)22-20(27)12-24-14(2)17-5-3-4-6-18(17)21(24)28/h3-11H,2,12H2,1H3,(H,22,27). The van der Waals surface area contributed by atoms with E-state index in [1.54, 1.807) is 43.3 Å². The van der Waals surface area contributed by atoms with Crippen LogP contribution in [0.2, 0.25) is 0 Å². The molecule has 0 spiro atoms. The summed E-state index contributed by atoms with van der Waals surface area (Å²) in [6, 6.07) is 14.6. The summed E-state index contributed by atoms with van der Waals surface area (Å²) < 4.78 is 1.48. The lowest BCUT2D eigenvalue weighted by Gasteiger charge is -2.17. The molecule has 2 amide bonds. The molecule has 0 fully saturated rings. The normalized spacial score (nSPS) is 12.8. The van der Waals surface area contributed by atoms with Gasteiger partial charge in [-0.1, -0.05) is 24.8 Å². The van der Waals surface area contributed by atoms with E-state index < -0.39 is 10.8 Å². The Hall–Kier alpha value is -4.27. The first kappa shape index (κ1) is 19.1. The van der Waals surface area contributed by atoms with E-state index >= 15 is 0 Å². The van der Waals surface area contributed by atoms with Crippen LogP contribution in [0.15, 0.2) is 61.2 Å². The number of nitrogens with one attached hydrogen (secondary N) is 1. The summed E-state index contributed by atoms with van der Waals surface area (Å²) in [7, 11) is 0. The molecule has 150 valence electrons. The number of nitro groups is 1. The maximum atomic E-state index is 12.7. The fourth-order valence-electron chi connectivity index (χ4n) is 3.33. The fraction of sp³-hybridized carbons (Fsp3) is 0.0952. The molecule has 4 rings (SSSR count). The van der Waals surface area contributed by atoms with Gasteiger partial charge in [0.25, 0.3) is 11.6 Å². The molecule has 0 radical (unpaired) electrons. The number of hydrogen-bond donors (Lipinski definition) is 1. The second kappa shape index (κ2) is 7.28. The van der Waals surface area contributed by atoms with Crippen molar-refractivity contribution in [1.82, 2.24) is 14.7 Å². The van der Waals surface area contributed by atoms with Gasteiger partial charge in [-0.15, -0.1) is 0 Å². The molecule has 1 aliphatic heterocycles. The van der Waals surface area contributed by atoms with Crippen LogP contribution >= 0.6 is 0 Å². The molecule has 0 saturated heterocycles. The van der Waals surface area contributed by atoms with Crippen LogP contribution in [0.3, 0.4) is 0 Å². The van der Waals surface area contributed by atoms with Gasteiger partial charge in [-0.3, -0.25) is 24.6 Å². The molecule has 0 aliphatic carbocycles. The molecule has 3 aromatic rings. The minimum absolute atomic E-state index is 0.0427. The Labute approximate surface area is 171 Å². The first-order valence-electron chi connectivity index (χ1n) is 9.06. The molecule has 30 heavy (non-hydrogen) atoms. The SMILES string of the molecule is C=C1c2ccccc2C(=O)N1CC(=O)Nc1cc(C)nn1-c1ccc([N+](=O)[O-])cc1. The second-order valence-corrected chi connectivity index (χ2v) is 6.79. The molecule has 2 aromatic carbocycles. The zero-order valence-electron chi connectivity index (χ0n) is 16.0. The van der Waals surface area contributed by atoms with Crippen LogP contribution in [0.1, 0.15) is 21.6 Å². The number of hydrogen-bond acceptors (Lipinski definition) is 5. The molecule has 9 nitrogen and oxygen atoms in total. The lowest BCUT2D eigenvalue weighted by molar-refractivity contribution is -0.384. The molecule has 1 N–H and O–H groups in total. The minimum atomic E-state index is -0.487. The molecule has 0 saturated carbocycles. The zero-order chi connectivity index (χ0) is 21.4. The van der Waals surface area contributed by atoms with Crippen LogP contribution in [0.25, 0.3) is 11.4 Å². The summed E-state index contributed by atoms with van der Waals surface area (Å²) in [6.45, 7) is 5.50. The van der Waals surface area contributed by atoms with Crippen LogP contribution in [0.4, 0.5) is 11.5 Å². The molecule has 0 bridgehead atoms. The highest BCUT2D eigenvalue weighted by atomic mass is 16.6. The molecular formula is C21H17N5O4. The number of benzene rings is 2. The predicted octanol–water partition coefficient (Wildman–Crippen LogP) is 3.15. The van der Waals surface area contributed by atoms with Gasteiger partial charge in [-0.25, -0.2) is 4.68 Å². The van der Waals surface area contributed by atoms with Crippen LogP contribution in [-0.4, -0.2) is 38.0 Å². The lowest BCUT2D eigenvalue weighted by Crippen LogP contribution is -2.33. The number of anilines is 1. The number of non-ortho nitro benzene ring substituents is 1. The lowest BCUT2D eigenvalue weighted by atomic mass is 10.1. The van der Waals surface area contributed by atoms with E-state index in [0.29, 0.717) is 34.0 Å².